The molecule has 1 amide bonds. The van der Waals surface area contributed by atoms with Crippen molar-refractivity contribution in [3.05, 3.63) is 18.6 Å². The zero-order chi connectivity index (χ0) is 20.2. The molecule has 5 rings (SSSR count). The SMILES string of the molecule is CN(C[C@@H]1CCC(=O)N1)S(=O)(=O)N1CCN(c2ncnc3[nH]ccc23)CC12CC2. The summed E-state index contributed by atoms with van der Waals surface area (Å²) in [6, 6.07) is 1.85. The minimum absolute atomic E-state index is 0.00556. The summed E-state index contributed by atoms with van der Waals surface area (Å²) < 4.78 is 29.7. The fourth-order valence-corrected chi connectivity index (χ4v) is 6.30. The second-order valence-electron chi connectivity index (χ2n) is 8.25. The maximum absolute atomic E-state index is 13.3. The highest BCUT2D eigenvalue weighted by molar-refractivity contribution is 7.86. The van der Waals surface area contributed by atoms with Crippen LogP contribution < -0.4 is 10.2 Å². The average Bonchev–Trinajstić information content (AvgIpc) is 3.10. The molecule has 10 nitrogen and oxygen atoms in total. The third-order valence-electron chi connectivity index (χ3n) is 6.28. The smallest absolute Gasteiger partial charge is 0.282 e. The number of likely N-dealkylation sites (N-methyl/N-ethyl adjacent to an activating group) is 1. The van der Waals surface area contributed by atoms with Gasteiger partial charge in [-0.1, -0.05) is 0 Å². The molecule has 2 aliphatic heterocycles. The zero-order valence-corrected chi connectivity index (χ0v) is 17.2. The first-order valence-corrected chi connectivity index (χ1v) is 11.4. The molecule has 29 heavy (non-hydrogen) atoms. The number of nitrogens with zero attached hydrogens (tertiary/aromatic N) is 5. The first-order chi connectivity index (χ1) is 13.9. The van der Waals surface area contributed by atoms with Crippen molar-refractivity contribution in [2.45, 2.75) is 37.3 Å². The van der Waals surface area contributed by atoms with Gasteiger partial charge in [-0.15, -0.1) is 0 Å². The van der Waals surface area contributed by atoms with Crippen molar-refractivity contribution < 1.29 is 13.2 Å². The van der Waals surface area contributed by atoms with Gasteiger partial charge in [-0.3, -0.25) is 4.79 Å². The lowest BCUT2D eigenvalue weighted by atomic mass is 10.2. The number of nitrogens with one attached hydrogen (secondary N) is 2. The van der Waals surface area contributed by atoms with Gasteiger partial charge < -0.3 is 15.2 Å². The van der Waals surface area contributed by atoms with E-state index in [1.165, 1.54) is 4.31 Å². The van der Waals surface area contributed by atoms with Crippen LogP contribution in [0.5, 0.6) is 0 Å². The van der Waals surface area contributed by atoms with Gasteiger partial charge in [-0.05, 0) is 25.3 Å². The second-order valence-corrected chi connectivity index (χ2v) is 10.2. The summed E-state index contributed by atoms with van der Waals surface area (Å²) in [7, 11) is -1.99. The fourth-order valence-electron chi connectivity index (χ4n) is 4.55. The molecule has 2 N–H and O–H groups in total. The van der Waals surface area contributed by atoms with Gasteiger partial charge in [0, 0.05) is 51.9 Å². The lowest BCUT2D eigenvalue weighted by Gasteiger charge is -2.43. The van der Waals surface area contributed by atoms with Gasteiger partial charge in [0.1, 0.15) is 17.8 Å². The number of amides is 1. The molecule has 2 aromatic heterocycles. The number of aromatic nitrogens is 3. The first-order valence-electron chi connectivity index (χ1n) is 9.96. The zero-order valence-electron chi connectivity index (χ0n) is 16.3. The van der Waals surface area contributed by atoms with E-state index in [1.54, 1.807) is 17.7 Å². The maximum Gasteiger partial charge on any atom is 0.282 e. The molecule has 1 aliphatic carbocycles. The number of aromatic amines is 1. The summed E-state index contributed by atoms with van der Waals surface area (Å²) in [6.45, 7) is 1.92. The molecular weight excluding hydrogens is 394 g/mol. The summed E-state index contributed by atoms with van der Waals surface area (Å²) in [5, 5.41) is 3.80. The Morgan fingerprint density at radius 3 is 2.86 bits per heavy atom. The van der Waals surface area contributed by atoms with Crippen LogP contribution in [0.4, 0.5) is 5.82 Å². The van der Waals surface area contributed by atoms with Crippen LogP contribution in [0, 0.1) is 0 Å². The number of H-pyrrole nitrogens is 1. The average molecular weight is 420 g/mol. The quantitative estimate of drug-likeness (QED) is 0.709. The monoisotopic (exact) mass is 419 g/mol. The van der Waals surface area contributed by atoms with Crippen molar-refractivity contribution in [1.82, 2.24) is 28.9 Å². The second kappa shape index (κ2) is 6.64. The van der Waals surface area contributed by atoms with Crippen molar-refractivity contribution in [3.63, 3.8) is 0 Å². The van der Waals surface area contributed by atoms with E-state index in [2.05, 4.69) is 25.2 Å². The fraction of sp³-hybridized carbons (Fsp3) is 0.611. The highest BCUT2D eigenvalue weighted by atomic mass is 32.2. The Balaban J connectivity index is 1.34. The largest absolute Gasteiger partial charge is 0.353 e. The van der Waals surface area contributed by atoms with E-state index in [9.17, 15) is 13.2 Å². The number of fused-ring (bicyclic) bond motifs is 1. The number of rotatable bonds is 5. The molecule has 156 valence electrons. The van der Waals surface area contributed by atoms with E-state index in [0.29, 0.717) is 39.0 Å². The summed E-state index contributed by atoms with van der Waals surface area (Å²) in [4.78, 5) is 25.4. The Morgan fingerprint density at radius 1 is 1.31 bits per heavy atom. The number of carbonyl (C=O) groups excluding carboxylic acids is 1. The standard InChI is InChI=1S/C18H25N7O3S/c1-23(10-13-2-3-15(26)22-13)29(27,28)25-9-8-24(11-18(25)5-6-18)17-14-4-7-19-16(14)20-12-21-17/h4,7,12-13H,2-3,5-6,8-11H2,1H3,(H,22,26)(H,19,20,21)/t13-/m0/s1. The van der Waals surface area contributed by atoms with E-state index in [4.69, 9.17) is 0 Å². The Hall–Kier alpha value is -2.24. The molecule has 3 aliphatic rings. The molecule has 0 radical (unpaired) electrons. The van der Waals surface area contributed by atoms with Crippen molar-refractivity contribution in [2.75, 3.05) is 38.1 Å². The number of anilines is 1. The Kier molecular flexibility index (Phi) is 4.30. The van der Waals surface area contributed by atoms with Crippen molar-refractivity contribution in [3.8, 4) is 0 Å². The van der Waals surface area contributed by atoms with E-state index in [-0.39, 0.29) is 17.5 Å². The van der Waals surface area contributed by atoms with Crippen LogP contribution in [-0.2, 0) is 15.0 Å². The molecule has 2 aromatic rings. The first kappa shape index (κ1) is 18.8. The molecule has 4 heterocycles. The van der Waals surface area contributed by atoms with Crippen LogP contribution in [-0.4, -0.2) is 82.7 Å². The number of hydrogen-bond acceptors (Lipinski definition) is 6. The summed E-state index contributed by atoms with van der Waals surface area (Å²) in [6.07, 6.45) is 6.22. The van der Waals surface area contributed by atoms with Crippen LogP contribution >= 0.6 is 0 Å². The molecule has 3 fully saturated rings. The van der Waals surface area contributed by atoms with Crippen LogP contribution in [0.3, 0.4) is 0 Å². The molecular formula is C18H25N7O3S. The van der Waals surface area contributed by atoms with Gasteiger partial charge >= 0.3 is 0 Å². The lowest BCUT2D eigenvalue weighted by molar-refractivity contribution is -0.119. The maximum atomic E-state index is 13.3. The molecule has 0 aromatic carbocycles. The van der Waals surface area contributed by atoms with E-state index >= 15 is 0 Å². The third kappa shape index (κ3) is 3.17. The Bertz CT molecular complexity index is 1050. The summed E-state index contributed by atoms with van der Waals surface area (Å²) in [5.74, 6) is 0.843. The van der Waals surface area contributed by atoms with Crippen LogP contribution in [0.25, 0.3) is 11.0 Å². The van der Waals surface area contributed by atoms with E-state index in [1.807, 2.05) is 12.3 Å². The van der Waals surface area contributed by atoms with Crippen molar-refractivity contribution in [2.24, 2.45) is 0 Å². The molecule has 1 saturated carbocycles. The van der Waals surface area contributed by atoms with Crippen LogP contribution in [0.2, 0.25) is 0 Å². The number of hydrogen-bond donors (Lipinski definition) is 2. The molecule has 2 saturated heterocycles. The number of piperazine rings is 1. The van der Waals surface area contributed by atoms with Gasteiger partial charge in [0.05, 0.1) is 10.9 Å². The minimum Gasteiger partial charge on any atom is -0.353 e. The predicted molar refractivity (Wildman–Crippen MR) is 107 cm³/mol. The highest BCUT2D eigenvalue weighted by Crippen LogP contribution is 2.47. The third-order valence-corrected chi connectivity index (χ3v) is 8.35. The van der Waals surface area contributed by atoms with Gasteiger partial charge in [-0.2, -0.15) is 17.0 Å². The van der Waals surface area contributed by atoms with Crippen molar-refractivity contribution in [1.29, 1.82) is 0 Å². The van der Waals surface area contributed by atoms with Gasteiger partial charge in [-0.25, -0.2) is 9.97 Å². The minimum atomic E-state index is -3.60. The molecule has 1 atom stereocenters. The summed E-state index contributed by atoms with van der Waals surface area (Å²) >= 11 is 0. The van der Waals surface area contributed by atoms with Gasteiger partial charge in [0.2, 0.25) is 5.91 Å². The Labute approximate surface area is 169 Å². The number of carbonyl (C=O) groups is 1. The van der Waals surface area contributed by atoms with Crippen LogP contribution in [0.15, 0.2) is 18.6 Å². The highest BCUT2D eigenvalue weighted by Gasteiger charge is 2.56. The topological polar surface area (TPSA) is 115 Å². The molecule has 1 spiro atoms. The summed E-state index contributed by atoms with van der Waals surface area (Å²) in [5.41, 5.74) is 0.408. The molecule has 11 heteroatoms. The van der Waals surface area contributed by atoms with E-state index in [0.717, 1.165) is 29.7 Å². The van der Waals surface area contributed by atoms with Crippen molar-refractivity contribution >= 4 is 33.0 Å². The molecule has 0 unspecified atom stereocenters. The normalized spacial score (nSPS) is 24.6. The predicted octanol–water partition coefficient (Wildman–Crippen LogP) is 0.0677. The Morgan fingerprint density at radius 2 is 2.14 bits per heavy atom. The lowest BCUT2D eigenvalue weighted by Crippen LogP contribution is -2.60. The van der Waals surface area contributed by atoms with E-state index < -0.39 is 10.2 Å². The molecule has 0 bridgehead atoms. The van der Waals surface area contributed by atoms with Gasteiger partial charge in [0.15, 0.2) is 0 Å². The van der Waals surface area contributed by atoms with Gasteiger partial charge in [0.25, 0.3) is 10.2 Å². The van der Waals surface area contributed by atoms with Crippen LogP contribution in [0.1, 0.15) is 25.7 Å².